The minimum Gasteiger partial charge on any atom is -1.00 e. The van der Waals surface area contributed by atoms with Crippen LogP contribution in [0.25, 0.3) is 0 Å². The third-order valence-corrected chi connectivity index (χ3v) is 4.80. The Kier molecular flexibility index (Phi) is 9.75. The van der Waals surface area contributed by atoms with Crippen LogP contribution in [0.4, 0.5) is 16.2 Å². The van der Waals surface area contributed by atoms with Crippen molar-refractivity contribution in [2.75, 3.05) is 10.6 Å². The van der Waals surface area contributed by atoms with E-state index in [1.807, 2.05) is 0 Å². The molecule has 3 aromatic rings. The summed E-state index contributed by atoms with van der Waals surface area (Å²) in [5, 5.41) is 7.53. The van der Waals surface area contributed by atoms with Crippen molar-refractivity contribution < 1.29 is 37.3 Å². The maximum Gasteiger partial charge on any atom is 0.326 e. The second kappa shape index (κ2) is 12.3. The highest BCUT2D eigenvalue weighted by atomic mass is 79.9. The van der Waals surface area contributed by atoms with Gasteiger partial charge in [-0.25, -0.2) is 14.8 Å². The molecule has 2 aromatic carbocycles. The molecule has 1 heterocycles. The molecule has 0 aliphatic rings. The van der Waals surface area contributed by atoms with Gasteiger partial charge in [-0.05, 0) is 53.2 Å². The molecule has 3 rings (SSSR count). The fourth-order valence-corrected chi connectivity index (χ4v) is 2.92. The van der Waals surface area contributed by atoms with Crippen LogP contribution in [0.1, 0.15) is 17.3 Å². The first-order valence-electron chi connectivity index (χ1n) is 9.53. The quantitative estimate of drug-likeness (QED) is 0.333. The Bertz CT molecular complexity index is 1190. The molecule has 4 amide bonds. The fraction of sp³-hybridized carbons (Fsp3) is 0.0952. The molecule has 0 radical (unpaired) electrons. The number of ether oxygens (including phenoxy) is 1. The number of aromatic nitrogens is 2. The average molecular weight is 570 g/mol. The van der Waals surface area contributed by atoms with Gasteiger partial charge in [0.25, 0.3) is 11.8 Å². The summed E-state index contributed by atoms with van der Waals surface area (Å²) in [6, 6.07) is 9.62. The predicted molar refractivity (Wildman–Crippen MR) is 125 cm³/mol. The number of amides is 4. The number of nitrogens with one attached hydrogen (secondary N) is 3. The predicted octanol–water partition coefficient (Wildman–Crippen LogP) is 0.220. The molecule has 6 N–H and O–H groups in total. The van der Waals surface area contributed by atoms with Crippen LogP contribution in [0.15, 0.2) is 59.3 Å². The van der Waals surface area contributed by atoms with E-state index in [0.29, 0.717) is 10.2 Å². The van der Waals surface area contributed by atoms with Gasteiger partial charge in [-0.2, -0.15) is 0 Å². The molecule has 0 saturated heterocycles. The highest BCUT2D eigenvalue weighted by Crippen LogP contribution is 2.30. The highest BCUT2D eigenvalue weighted by molar-refractivity contribution is 9.10. The first-order valence-corrected chi connectivity index (χ1v) is 10.7. The van der Waals surface area contributed by atoms with Crippen LogP contribution in [0.3, 0.4) is 0 Å². The van der Waals surface area contributed by atoms with Crippen LogP contribution < -0.4 is 38.8 Å². The summed E-state index contributed by atoms with van der Waals surface area (Å²) in [5.74, 6) is -0.769. The number of carbonyl (C=O) groups excluding carboxylic acids is 3. The van der Waals surface area contributed by atoms with E-state index in [9.17, 15) is 14.4 Å². The van der Waals surface area contributed by atoms with Gasteiger partial charge < -0.3 is 33.5 Å². The maximum absolute atomic E-state index is 12.6. The molecule has 13 heteroatoms. The first-order chi connectivity index (χ1) is 15.7. The number of para-hydroxylation sites is 1. The van der Waals surface area contributed by atoms with Gasteiger partial charge >= 0.3 is 12.0 Å². The van der Waals surface area contributed by atoms with Crippen LogP contribution in [0.5, 0.6) is 11.8 Å². The Hall–Kier alpha value is -3.25. The molecule has 0 unspecified atom stereocenters. The molecular weight excluding hydrogens is 551 g/mol. The summed E-state index contributed by atoms with van der Waals surface area (Å²) >= 11 is 9.45. The van der Waals surface area contributed by atoms with E-state index >= 15 is 0 Å². The minimum atomic E-state index is -0.785. The lowest BCUT2D eigenvalue weighted by Gasteiger charge is -2.12. The molecule has 1 atom stereocenters. The van der Waals surface area contributed by atoms with Gasteiger partial charge in [-0.3, -0.25) is 14.9 Å². The number of rotatable bonds is 6. The first kappa shape index (κ1) is 27.0. The van der Waals surface area contributed by atoms with Crippen molar-refractivity contribution >= 4 is 56.8 Å². The summed E-state index contributed by atoms with van der Waals surface area (Å²) in [5.41, 5.74) is 4.35. The van der Waals surface area contributed by atoms with Gasteiger partial charge in [0, 0.05) is 18.1 Å². The summed E-state index contributed by atoms with van der Waals surface area (Å²) < 4.78 is 6.21. The van der Waals surface area contributed by atoms with E-state index < -0.39 is 18.0 Å². The summed E-state index contributed by atoms with van der Waals surface area (Å²) in [7, 11) is 0. The molecule has 0 saturated carbocycles. The van der Waals surface area contributed by atoms with Gasteiger partial charge in [-0.15, -0.1) is 0 Å². The zero-order valence-corrected chi connectivity index (χ0v) is 20.7. The van der Waals surface area contributed by atoms with Crippen molar-refractivity contribution in [3.05, 3.63) is 69.9 Å². The van der Waals surface area contributed by atoms with Crippen LogP contribution >= 0.6 is 27.5 Å². The van der Waals surface area contributed by atoms with E-state index in [1.54, 1.807) is 25.1 Å². The third kappa shape index (κ3) is 7.39. The van der Waals surface area contributed by atoms with Gasteiger partial charge in [0.2, 0.25) is 0 Å². The molecule has 1 aromatic heterocycles. The van der Waals surface area contributed by atoms with Crippen molar-refractivity contribution in [1.29, 1.82) is 0 Å². The fourth-order valence-electron chi connectivity index (χ4n) is 2.49. The van der Waals surface area contributed by atoms with Crippen molar-refractivity contribution in [3.63, 3.8) is 0 Å². The molecule has 0 aliphatic carbocycles. The average Bonchev–Trinajstić information content (AvgIpc) is 2.77. The normalized spacial score (nSPS) is 10.9. The summed E-state index contributed by atoms with van der Waals surface area (Å²) in [6.07, 6.45) is 3.05. The van der Waals surface area contributed by atoms with Gasteiger partial charge in [-0.1, -0.05) is 23.7 Å². The van der Waals surface area contributed by atoms with Crippen LogP contribution in [0, 0.1) is 0 Å². The Labute approximate surface area is 214 Å². The van der Waals surface area contributed by atoms with E-state index in [-0.39, 0.29) is 46.3 Å². The molecule has 10 nitrogen and oxygen atoms in total. The molecule has 0 spiro atoms. The number of benzene rings is 2. The summed E-state index contributed by atoms with van der Waals surface area (Å²) in [6.45, 7) is 1.62. The molecule has 34 heavy (non-hydrogen) atoms. The van der Waals surface area contributed by atoms with E-state index in [2.05, 4.69) is 47.6 Å². The molecule has 0 bridgehead atoms. The van der Waals surface area contributed by atoms with Crippen molar-refractivity contribution in [2.24, 2.45) is 0 Å². The molecule has 0 fully saturated rings. The Morgan fingerprint density at radius 3 is 2.41 bits per heavy atom. The Morgan fingerprint density at radius 2 is 1.76 bits per heavy atom. The third-order valence-electron chi connectivity index (χ3n) is 4.09. The Morgan fingerprint density at radius 1 is 1.09 bits per heavy atom. The SMILES string of the molecule is C[C@H]([NH3+])C(=O)Nc1ccccc1C(=O)NC(=O)Nc1ccc(Oc2ncc(Br)cn2)c(Cl)c1.[Cl-]. The Balaban J connectivity index is 0.00000408. The number of anilines is 2. The number of hydrogen-bond acceptors (Lipinski definition) is 6. The second-order valence-electron chi connectivity index (χ2n) is 6.78. The van der Waals surface area contributed by atoms with Crippen LogP contribution in [-0.2, 0) is 4.79 Å². The van der Waals surface area contributed by atoms with E-state index in [4.69, 9.17) is 16.3 Å². The zero-order valence-electron chi connectivity index (χ0n) is 17.6. The van der Waals surface area contributed by atoms with Gasteiger partial charge in [0.1, 0.15) is 5.75 Å². The van der Waals surface area contributed by atoms with Crippen molar-refractivity contribution in [2.45, 2.75) is 13.0 Å². The lowest BCUT2D eigenvalue weighted by atomic mass is 10.1. The standard InChI is InChI=1S/C21H18BrClN6O4.ClH/c1-11(24)18(30)28-16-5-3-2-4-14(16)19(31)29-20(32)27-13-6-7-17(15(23)8-13)33-21-25-9-12(22)10-26-21;/h2-11H,24H2,1H3,(H,28,30)(H2,27,29,31,32);1H/t11-;/m0./s1. The number of halogens is 3. The van der Waals surface area contributed by atoms with Gasteiger partial charge in [0.05, 0.1) is 20.7 Å². The molecular formula is C21H19BrCl2N6O4. The van der Waals surface area contributed by atoms with Gasteiger partial charge in [0.15, 0.2) is 6.04 Å². The summed E-state index contributed by atoms with van der Waals surface area (Å²) in [4.78, 5) is 44.8. The largest absolute Gasteiger partial charge is 1.00 e. The second-order valence-corrected chi connectivity index (χ2v) is 8.10. The number of nitrogens with zero attached hydrogens (tertiary/aromatic N) is 2. The number of urea groups is 1. The molecule has 0 aliphatic heterocycles. The van der Waals surface area contributed by atoms with Crippen LogP contribution in [-0.4, -0.2) is 33.9 Å². The number of hydrogen-bond donors (Lipinski definition) is 4. The highest BCUT2D eigenvalue weighted by Gasteiger charge is 2.18. The van der Waals surface area contributed by atoms with E-state index in [1.165, 1.54) is 36.7 Å². The lowest BCUT2D eigenvalue weighted by molar-refractivity contribution is -0.396. The monoisotopic (exact) mass is 568 g/mol. The number of quaternary nitrogens is 1. The lowest BCUT2D eigenvalue weighted by Crippen LogP contribution is -3.00. The van der Waals surface area contributed by atoms with E-state index in [0.717, 1.165) is 0 Å². The van der Waals surface area contributed by atoms with Crippen LogP contribution in [0.2, 0.25) is 5.02 Å². The molecule has 178 valence electrons. The van der Waals surface area contributed by atoms with Crippen molar-refractivity contribution in [1.82, 2.24) is 15.3 Å². The number of carbonyl (C=O) groups is 3. The zero-order chi connectivity index (χ0) is 24.0. The van der Waals surface area contributed by atoms with Crippen molar-refractivity contribution in [3.8, 4) is 11.8 Å². The number of imide groups is 1. The maximum atomic E-state index is 12.6. The smallest absolute Gasteiger partial charge is 0.326 e. The topological polar surface area (TPSA) is 150 Å². The minimum absolute atomic E-state index is 0.